The number of benzene rings is 1. The zero-order valence-electron chi connectivity index (χ0n) is 13.1. The predicted molar refractivity (Wildman–Crippen MR) is 84.9 cm³/mol. The third-order valence-corrected chi connectivity index (χ3v) is 5.96. The van der Waals surface area contributed by atoms with E-state index < -0.39 is 10.0 Å². The number of carbonyl (C=O) groups is 1. The largest absolute Gasteiger partial charge is 0.340 e. The fourth-order valence-electron chi connectivity index (χ4n) is 2.48. The predicted octanol–water partition coefficient (Wildman–Crippen LogP) is 0.485. The van der Waals surface area contributed by atoms with Gasteiger partial charge in [0.25, 0.3) is 0 Å². The molecule has 1 saturated heterocycles. The monoisotopic (exact) mass is 325 g/mol. The molecule has 0 atom stereocenters. The van der Waals surface area contributed by atoms with Crippen LogP contribution in [0.3, 0.4) is 0 Å². The minimum absolute atomic E-state index is 0.00858. The number of carbonyl (C=O) groups excluding carboxylic acids is 1. The molecule has 1 aromatic carbocycles. The van der Waals surface area contributed by atoms with Gasteiger partial charge in [0.2, 0.25) is 15.9 Å². The quantitative estimate of drug-likeness (QED) is 0.873. The van der Waals surface area contributed by atoms with Crippen molar-refractivity contribution in [3.05, 3.63) is 29.3 Å². The molecule has 1 aromatic rings. The lowest BCUT2D eigenvalue weighted by molar-refractivity contribution is -0.132. The van der Waals surface area contributed by atoms with Gasteiger partial charge in [0.15, 0.2) is 0 Å². The zero-order valence-corrected chi connectivity index (χ0v) is 13.9. The second kappa shape index (κ2) is 6.76. The molecule has 0 radical (unpaired) electrons. The van der Waals surface area contributed by atoms with Gasteiger partial charge in [-0.25, -0.2) is 8.42 Å². The van der Waals surface area contributed by atoms with Crippen molar-refractivity contribution in [3.8, 4) is 0 Å². The molecule has 122 valence electrons. The number of hydrogen-bond acceptors (Lipinski definition) is 4. The molecule has 0 aliphatic carbocycles. The smallest absolute Gasteiger partial charge is 0.243 e. The van der Waals surface area contributed by atoms with Gasteiger partial charge in [-0.2, -0.15) is 4.31 Å². The molecule has 7 heteroatoms. The first-order valence-electron chi connectivity index (χ1n) is 7.41. The van der Waals surface area contributed by atoms with E-state index in [0.717, 1.165) is 11.1 Å². The maximum atomic E-state index is 12.7. The van der Waals surface area contributed by atoms with Gasteiger partial charge >= 0.3 is 0 Å². The summed E-state index contributed by atoms with van der Waals surface area (Å²) in [6.45, 7) is 5.66. The molecule has 0 bridgehead atoms. The molecular formula is C15H23N3O3S. The van der Waals surface area contributed by atoms with Gasteiger partial charge < -0.3 is 10.6 Å². The molecule has 1 fully saturated rings. The molecule has 2 rings (SSSR count). The Morgan fingerprint density at radius 1 is 1.14 bits per heavy atom. The Labute approximate surface area is 131 Å². The number of rotatable bonds is 4. The maximum Gasteiger partial charge on any atom is 0.243 e. The van der Waals surface area contributed by atoms with E-state index in [1.165, 1.54) is 4.31 Å². The zero-order chi connectivity index (χ0) is 16.3. The molecule has 1 amide bonds. The Kier molecular flexibility index (Phi) is 5.20. The Bertz CT molecular complexity index is 650. The van der Waals surface area contributed by atoms with E-state index in [2.05, 4.69) is 0 Å². The molecule has 0 saturated carbocycles. The number of aryl methyl sites for hydroxylation is 2. The average molecular weight is 325 g/mol. The molecule has 1 heterocycles. The lowest BCUT2D eigenvalue weighted by atomic mass is 10.1. The standard InChI is InChI=1S/C15H23N3O3S/c1-12-3-4-14(11-13(12)2)22(20,21)18-9-7-17(8-10-18)15(19)5-6-16/h3-4,11H,5-10,16H2,1-2H3. The van der Waals surface area contributed by atoms with Crippen LogP contribution in [0.4, 0.5) is 0 Å². The Morgan fingerprint density at radius 3 is 2.32 bits per heavy atom. The van der Waals surface area contributed by atoms with Crippen LogP contribution in [0.15, 0.2) is 23.1 Å². The summed E-state index contributed by atoms with van der Waals surface area (Å²) < 4.78 is 26.8. The van der Waals surface area contributed by atoms with Gasteiger partial charge in [-0.15, -0.1) is 0 Å². The molecule has 0 spiro atoms. The van der Waals surface area contributed by atoms with E-state index >= 15 is 0 Å². The molecule has 2 N–H and O–H groups in total. The van der Waals surface area contributed by atoms with E-state index in [4.69, 9.17) is 5.73 Å². The van der Waals surface area contributed by atoms with Crippen LogP contribution in [0.25, 0.3) is 0 Å². The van der Waals surface area contributed by atoms with Gasteiger partial charge in [0.1, 0.15) is 0 Å². The van der Waals surface area contributed by atoms with E-state index in [0.29, 0.717) is 44.0 Å². The van der Waals surface area contributed by atoms with Crippen LogP contribution in [0.5, 0.6) is 0 Å². The number of nitrogens with zero attached hydrogens (tertiary/aromatic N) is 2. The summed E-state index contributed by atoms with van der Waals surface area (Å²) in [4.78, 5) is 13.8. The van der Waals surface area contributed by atoms with Gasteiger partial charge in [-0.05, 0) is 37.1 Å². The van der Waals surface area contributed by atoms with Crippen molar-refractivity contribution in [2.24, 2.45) is 5.73 Å². The first kappa shape index (κ1) is 16.9. The number of amides is 1. The van der Waals surface area contributed by atoms with Crippen molar-refractivity contribution < 1.29 is 13.2 Å². The number of piperazine rings is 1. The first-order chi connectivity index (χ1) is 10.4. The molecule has 1 aliphatic heterocycles. The topological polar surface area (TPSA) is 83.7 Å². The van der Waals surface area contributed by atoms with Gasteiger partial charge in [0, 0.05) is 39.1 Å². The fourth-order valence-corrected chi connectivity index (χ4v) is 3.99. The van der Waals surface area contributed by atoms with E-state index in [9.17, 15) is 13.2 Å². The first-order valence-corrected chi connectivity index (χ1v) is 8.85. The molecule has 1 aliphatic rings. The third kappa shape index (κ3) is 3.48. The van der Waals surface area contributed by atoms with Gasteiger partial charge in [0.05, 0.1) is 4.90 Å². The van der Waals surface area contributed by atoms with Crippen LogP contribution in [0, 0.1) is 13.8 Å². The van der Waals surface area contributed by atoms with Crippen molar-refractivity contribution in [2.45, 2.75) is 25.2 Å². The van der Waals surface area contributed by atoms with Crippen molar-refractivity contribution in [1.29, 1.82) is 0 Å². The minimum atomic E-state index is -3.49. The molecular weight excluding hydrogens is 302 g/mol. The summed E-state index contributed by atoms with van der Waals surface area (Å²) in [5.41, 5.74) is 7.40. The lowest BCUT2D eigenvalue weighted by Crippen LogP contribution is -2.50. The Balaban J connectivity index is 2.09. The molecule has 6 nitrogen and oxygen atoms in total. The van der Waals surface area contributed by atoms with Crippen LogP contribution < -0.4 is 5.73 Å². The summed E-state index contributed by atoms with van der Waals surface area (Å²) in [7, 11) is -3.49. The van der Waals surface area contributed by atoms with Crippen LogP contribution in [-0.4, -0.2) is 56.3 Å². The summed E-state index contributed by atoms with van der Waals surface area (Å²) >= 11 is 0. The van der Waals surface area contributed by atoms with Crippen LogP contribution in [0.2, 0.25) is 0 Å². The van der Waals surface area contributed by atoms with Gasteiger partial charge in [-0.3, -0.25) is 4.79 Å². The third-order valence-electron chi connectivity index (χ3n) is 4.07. The lowest BCUT2D eigenvalue weighted by Gasteiger charge is -2.34. The molecule has 0 aromatic heterocycles. The Morgan fingerprint density at radius 2 is 1.77 bits per heavy atom. The average Bonchev–Trinajstić information content (AvgIpc) is 2.50. The summed E-state index contributed by atoms with van der Waals surface area (Å²) in [5, 5.41) is 0. The summed E-state index contributed by atoms with van der Waals surface area (Å²) in [6.07, 6.45) is 0.309. The van der Waals surface area contributed by atoms with Crippen molar-refractivity contribution >= 4 is 15.9 Å². The van der Waals surface area contributed by atoms with Crippen LogP contribution in [-0.2, 0) is 14.8 Å². The molecule has 0 unspecified atom stereocenters. The second-order valence-electron chi connectivity index (χ2n) is 5.57. The van der Waals surface area contributed by atoms with Crippen molar-refractivity contribution in [1.82, 2.24) is 9.21 Å². The summed E-state index contributed by atoms with van der Waals surface area (Å²) in [5.74, 6) is -0.00858. The van der Waals surface area contributed by atoms with Crippen LogP contribution in [0.1, 0.15) is 17.5 Å². The van der Waals surface area contributed by atoms with E-state index in [1.807, 2.05) is 19.9 Å². The highest BCUT2D eigenvalue weighted by molar-refractivity contribution is 7.89. The van der Waals surface area contributed by atoms with Crippen LogP contribution >= 0.6 is 0 Å². The highest BCUT2D eigenvalue weighted by atomic mass is 32.2. The Hall–Kier alpha value is -1.44. The number of hydrogen-bond donors (Lipinski definition) is 1. The van der Waals surface area contributed by atoms with E-state index in [1.54, 1.807) is 17.0 Å². The van der Waals surface area contributed by atoms with Crippen molar-refractivity contribution in [3.63, 3.8) is 0 Å². The minimum Gasteiger partial charge on any atom is -0.340 e. The number of sulfonamides is 1. The normalized spacial score (nSPS) is 16.8. The van der Waals surface area contributed by atoms with Gasteiger partial charge in [-0.1, -0.05) is 6.07 Å². The maximum absolute atomic E-state index is 12.7. The molecule has 22 heavy (non-hydrogen) atoms. The van der Waals surface area contributed by atoms with E-state index in [-0.39, 0.29) is 5.91 Å². The van der Waals surface area contributed by atoms with Crippen molar-refractivity contribution in [2.75, 3.05) is 32.7 Å². The fraction of sp³-hybridized carbons (Fsp3) is 0.533. The highest BCUT2D eigenvalue weighted by Gasteiger charge is 2.29. The second-order valence-corrected chi connectivity index (χ2v) is 7.51. The number of nitrogens with two attached hydrogens (primary N) is 1. The summed E-state index contributed by atoms with van der Waals surface area (Å²) in [6, 6.07) is 5.17. The highest BCUT2D eigenvalue weighted by Crippen LogP contribution is 2.20. The SMILES string of the molecule is Cc1ccc(S(=O)(=O)N2CCN(C(=O)CCN)CC2)cc1C.